The summed E-state index contributed by atoms with van der Waals surface area (Å²) >= 11 is 0. The first kappa shape index (κ1) is 14.3. The van der Waals surface area contributed by atoms with E-state index in [1.807, 2.05) is 12.3 Å². The Bertz CT molecular complexity index is 266. The third kappa shape index (κ3) is 4.52. The third-order valence-electron chi connectivity index (χ3n) is 2.90. The Hall–Kier alpha value is -0.800. The van der Waals surface area contributed by atoms with Crippen molar-refractivity contribution in [2.75, 3.05) is 13.2 Å². The van der Waals surface area contributed by atoms with Crippen LogP contribution in [0.2, 0.25) is 0 Å². The van der Waals surface area contributed by atoms with E-state index in [9.17, 15) is 0 Å². The lowest BCUT2D eigenvalue weighted by Gasteiger charge is -2.27. The summed E-state index contributed by atoms with van der Waals surface area (Å²) < 4.78 is 5.88. The molecular weight excluding hydrogens is 212 g/mol. The van der Waals surface area contributed by atoms with Crippen LogP contribution in [0.15, 0.2) is 18.3 Å². The molecule has 0 fully saturated rings. The summed E-state index contributed by atoms with van der Waals surface area (Å²) in [6.07, 6.45) is 5.62. The molecule has 0 bridgehead atoms. The van der Waals surface area contributed by atoms with Crippen LogP contribution in [0.5, 0.6) is 0 Å². The Balaban J connectivity index is 2.71. The second-order valence-electron chi connectivity index (χ2n) is 4.34. The highest BCUT2D eigenvalue weighted by atomic mass is 16.5. The number of aromatic amines is 1. The highest BCUT2D eigenvalue weighted by Gasteiger charge is 2.22. The van der Waals surface area contributed by atoms with E-state index in [1.165, 1.54) is 5.69 Å². The average Bonchev–Trinajstić information content (AvgIpc) is 2.84. The van der Waals surface area contributed by atoms with Gasteiger partial charge < -0.3 is 15.0 Å². The van der Waals surface area contributed by atoms with E-state index in [0.29, 0.717) is 0 Å². The number of aromatic nitrogens is 1. The highest BCUT2D eigenvalue weighted by molar-refractivity contribution is 5.11. The molecule has 0 aliphatic heterocycles. The van der Waals surface area contributed by atoms with Crippen molar-refractivity contribution in [3.8, 4) is 0 Å². The summed E-state index contributed by atoms with van der Waals surface area (Å²) in [5, 5.41) is 3.59. The minimum absolute atomic E-state index is 0.259. The molecule has 0 radical (unpaired) electrons. The standard InChI is InChI=1S/C14H26N2O/c1-4-8-13(17-6-3)14(16-10-5-2)12-9-7-11-15-12/h7,9,11,13-16H,4-6,8,10H2,1-3H3. The summed E-state index contributed by atoms with van der Waals surface area (Å²) in [6.45, 7) is 8.26. The van der Waals surface area contributed by atoms with Gasteiger partial charge in [-0.05, 0) is 38.4 Å². The quantitative estimate of drug-likeness (QED) is 0.693. The van der Waals surface area contributed by atoms with E-state index in [1.54, 1.807) is 0 Å². The number of H-pyrrole nitrogens is 1. The van der Waals surface area contributed by atoms with Crippen molar-refractivity contribution in [3.63, 3.8) is 0 Å². The molecular formula is C14H26N2O. The molecule has 2 atom stereocenters. The topological polar surface area (TPSA) is 37.0 Å². The maximum atomic E-state index is 5.88. The lowest BCUT2D eigenvalue weighted by Crippen LogP contribution is -2.34. The zero-order valence-corrected chi connectivity index (χ0v) is 11.3. The molecule has 2 N–H and O–H groups in total. The van der Waals surface area contributed by atoms with Gasteiger partial charge in [-0.25, -0.2) is 0 Å². The van der Waals surface area contributed by atoms with Crippen LogP contribution < -0.4 is 5.32 Å². The molecule has 1 heterocycles. The maximum absolute atomic E-state index is 5.88. The van der Waals surface area contributed by atoms with Gasteiger partial charge in [0, 0.05) is 18.5 Å². The van der Waals surface area contributed by atoms with Crippen LogP contribution in [0.1, 0.15) is 51.8 Å². The van der Waals surface area contributed by atoms with Gasteiger partial charge in [0.05, 0.1) is 12.1 Å². The third-order valence-corrected chi connectivity index (χ3v) is 2.90. The lowest BCUT2D eigenvalue weighted by atomic mass is 10.0. The van der Waals surface area contributed by atoms with Crippen LogP contribution in [0.25, 0.3) is 0 Å². The van der Waals surface area contributed by atoms with Crippen molar-refractivity contribution < 1.29 is 4.74 Å². The van der Waals surface area contributed by atoms with Gasteiger partial charge in [-0.2, -0.15) is 0 Å². The van der Waals surface area contributed by atoms with E-state index in [0.717, 1.165) is 32.4 Å². The second kappa shape index (κ2) is 8.31. The summed E-state index contributed by atoms with van der Waals surface area (Å²) in [5.41, 5.74) is 1.23. The molecule has 17 heavy (non-hydrogen) atoms. The fourth-order valence-corrected chi connectivity index (χ4v) is 2.12. The molecule has 0 amide bonds. The predicted molar refractivity (Wildman–Crippen MR) is 72.1 cm³/mol. The molecule has 0 spiro atoms. The molecule has 0 aliphatic rings. The van der Waals surface area contributed by atoms with Gasteiger partial charge in [-0.3, -0.25) is 0 Å². The molecule has 2 unspecified atom stereocenters. The van der Waals surface area contributed by atoms with E-state index in [-0.39, 0.29) is 12.1 Å². The van der Waals surface area contributed by atoms with Crippen LogP contribution in [-0.2, 0) is 4.74 Å². The highest BCUT2D eigenvalue weighted by Crippen LogP contribution is 2.21. The van der Waals surface area contributed by atoms with Gasteiger partial charge in [0.25, 0.3) is 0 Å². The summed E-state index contributed by atoms with van der Waals surface area (Å²) in [4.78, 5) is 3.30. The van der Waals surface area contributed by atoms with Gasteiger partial charge in [0.2, 0.25) is 0 Å². The van der Waals surface area contributed by atoms with Crippen molar-refractivity contribution in [1.29, 1.82) is 0 Å². The van der Waals surface area contributed by atoms with Gasteiger partial charge in [-0.1, -0.05) is 20.3 Å². The van der Waals surface area contributed by atoms with E-state index in [2.05, 4.69) is 37.1 Å². The van der Waals surface area contributed by atoms with Gasteiger partial charge in [0.1, 0.15) is 0 Å². The Labute approximate surface area is 105 Å². The zero-order chi connectivity index (χ0) is 12.5. The van der Waals surface area contributed by atoms with E-state index < -0.39 is 0 Å². The minimum atomic E-state index is 0.259. The van der Waals surface area contributed by atoms with Crippen LogP contribution in [0.3, 0.4) is 0 Å². The molecule has 98 valence electrons. The zero-order valence-electron chi connectivity index (χ0n) is 11.3. The fourth-order valence-electron chi connectivity index (χ4n) is 2.12. The molecule has 0 saturated carbocycles. The summed E-state index contributed by atoms with van der Waals surface area (Å²) in [5.74, 6) is 0. The Kier molecular flexibility index (Phi) is 6.97. The van der Waals surface area contributed by atoms with E-state index >= 15 is 0 Å². The number of nitrogens with one attached hydrogen (secondary N) is 2. The first-order valence-electron chi connectivity index (χ1n) is 6.81. The van der Waals surface area contributed by atoms with Crippen molar-refractivity contribution in [2.24, 2.45) is 0 Å². The number of ether oxygens (including phenoxy) is 1. The molecule has 1 aromatic heterocycles. The van der Waals surface area contributed by atoms with E-state index in [4.69, 9.17) is 4.74 Å². The molecule has 0 aliphatic carbocycles. The van der Waals surface area contributed by atoms with Crippen molar-refractivity contribution in [3.05, 3.63) is 24.0 Å². The lowest BCUT2D eigenvalue weighted by molar-refractivity contribution is 0.0267. The largest absolute Gasteiger partial charge is 0.376 e. The number of rotatable bonds is 9. The SMILES string of the molecule is CCCNC(c1ccc[nH]1)C(CCC)OCC. The first-order chi connectivity index (χ1) is 8.33. The Morgan fingerprint density at radius 2 is 2.12 bits per heavy atom. The van der Waals surface area contributed by atoms with Crippen LogP contribution in [0.4, 0.5) is 0 Å². The van der Waals surface area contributed by atoms with Gasteiger partial charge in [-0.15, -0.1) is 0 Å². The molecule has 1 rings (SSSR count). The number of hydrogen-bond donors (Lipinski definition) is 2. The van der Waals surface area contributed by atoms with Gasteiger partial charge in [0.15, 0.2) is 0 Å². The normalized spacial score (nSPS) is 14.8. The smallest absolute Gasteiger partial charge is 0.0784 e. The van der Waals surface area contributed by atoms with Crippen molar-refractivity contribution in [2.45, 2.75) is 52.2 Å². The second-order valence-corrected chi connectivity index (χ2v) is 4.34. The monoisotopic (exact) mass is 238 g/mol. The van der Waals surface area contributed by atoms with Crippen LogP contribution >= 0.6 is 0 Å². The molecule has 3 heteroatoms. The van der Waals surface area contributed by atoms with Crippen molar-refractivity contribution in [1.82, 2.24) is 10.3 Å². The Morgan fingerprint density at radius 3 is 2.65 bits per heavy atom. The fraction of sp³-hybridized carbons (Fsp3) is 0.714. The minimum Gasteiger partial charge on any atom is -0.376 e. The predicted octanol–water partition coefficient (Wildman–Crippen LogP) is 3.26. The average molecular weight is 238 g/mol. The van der Waals surface area contributed by atoms with Crippen LogP contribution in [-0.4, -0.2) is 24.2 Å². The summed E-state index contributed by atoms with van der Waals surface area (Å²) in [7, 11) is 0. The summed E-state index contributed by atoms with van der Waals surface area (Å²) in [6, 6.07) is 4.46. The molecule has 0 aromatic carbocycles. The molecule has 1 aromatic rings. The Morgan fingerprint density at radius 1 is 1.29 bits per heavy atom. The van der Waals surface area contributed by atoms with Crippen LogP contribution in [0, 0.1) is 0 Å². The number of hydrogen-bond acceptors (Lipinski definition) is 2. The molecule has 3 nitrogen and oxygen atoms in total. The molecule has 0 saturated heterocycles. The van der Waals surface area contributed by atoms with Gasteiger partial charge >= 0.3 is 0 Å². The first-order valence-corrected chi connectivity index (χ1v) is 6.81. The maximum Gasteiger partial charge on any atom is 0.0784 e. The van der Waals surface area contributed by atoms with Crippen molar-refractivity contribution >= 4 is 0 Å².